The molecule has 44 heavy (non-hydrogen) atoms. The van der Waals surface area contributed by atoms with Crippen molar-refractivity contribution in [2.24, 2.45) is 0 Å². The second-order valence-electron chi connectivity index (χ2n) is 13.3. The minimum absolute atomic E-state index is 0.0121. The molecule has 0 aromatic heterocycles. The van der Waals surface area contributed by atoms with Crippen LogP contribution in [0, 0.1) is 0 Å². The molecule has 2 nitrogen and oxygen atoms in total. The van der Waals surface area contributed by atoms with Crippen LogP contribution in [0.4, 0.5) is 5.69 Å². The highest BCUT2D eigenvalue weighted by molar-refractivity contribution is 6.08. The molecule has 1 unspecified atom stereocenters. The van der Waals surface area contributed by atoms with Crippen LogP contribution in [0.1, 0.15) is 79.2 Å². The molecule has 1 heterocycles. The summed E-state index contributed by atoms with van der Waals surface area (Å²) in [6.07, 6.45) is 15.1. The molecule has 8 rings (SSSR count). The molecule has 0 amide bonds. The number of hydrogen-bond acceptors (Lipinski definition) is 2. The smallest absolute Gasteiger partial charge is 0.178 e. The molecule has 1 saturated carbocycles. The molecule has 1 aliphatic heterocycles. The lowest BCUT2D eigenvalue weighted by atomic mass is 9.69. The van der Waals surface area contributed by atoms with Gasteiger partial charge >= 0.3 is 0 Å². The molecular weight excluding hydrogens is 534 g/mol. The SMILES string of the molecule is CN(C)c1ccc(C2(c3ccccc3)C=Cc3c4c(c5ccccc5c3O2)-c2ccccc2C42CCCCCCCC2)cc1. The van der Waals surface area contributed by atoms with Crippen molar-refractivity contribution in [1.29, 1.82) is 0 Å². The summed E-state index contributed by atoms with van der Waals surface area (Å²) in [6, 6.07) is 37.9. The van der Waals surface area contributed by atoms with Gasteiger partial charge in [-0.25, -0.2) is 0 Å². The Bertz CT molecular complexity index is 1860. The van der Waals surface area contributed by atoms with Crippen molar-refractivity contribution in [3.8, 4) is 16.9 Å². The van der Waals surface area contributed by atoms with Crippen molar-refractivity contribution < 1.29 is 4.74 Å². The third-order valence-corrected chi connectivity index (χ3v) is 10.6. The summed E-state index contributed by atoms with van der Waals surface area (Å²) in [5.74, 6) is 1.02. The van der Waals surface area contributed by atoms with Gasteiger partial charge in [0.1, 0.15) is 5.75 Å². The van der Waals surface area contributed by atoms with Gasteiger partial charge in [0.15, 0.2) is 5.60 Å². The second kappa shape index (κ2) is 10.7. The number of hydrogen-bond donors (Lipinski definition) is 0. The average Bonchev–Trinajstić information content (AvgIpc) is 3.43. The van der Waals surface area contributed by atoms with E-state index in [-0.39, 0.29) is 5.41 Å². The van der Waals surface area contributed by atoms with Gasteiger partial charge in [-0.1, -0.05) is 136 Å². The lowest BCUT2D eigenvalue weighted by Crippen LogP contribution is -2.35. The second-order valence-corrected chi connectivity index (χ2v) is 13.3. The van der Waals surface area contributed by atoms with Crippen LogP contribution in [0.25, 0.3) is 28.0 Å². The Morgan fingerprint density at radius 3 is 1.95 bits per heavy atom. The van der Waals surface area contributed by atoms with E-state index in [0.717, 1.165) is 16.9 Å². The number of fused-ring (bicyclic) bond motifs is 10. The van der Waals surface area contributed by atoms with Gasteiger partial charge in [-0.2, -0.15) is 0 Å². The molecule has 1 atom stereocenters. The van der Waals surface area contributed by atoms with E-state index in [2.05, 4.69) is 134 Å². The monoisotopic (exact) mass is 575 g/mol. The predicted molar refractivity (Wildman–Crippen MR) is 185 cm³/mol. The summed E-state index contributed by atoms with van der Waals surface area (Å²) in [4.78, 5) is 2.15. The molecule has 5 aromatic rings. The molecule has 1 fully saturated rings. The van der Waals surface area contributed by atoms with E-state index in [0.29, 0.717) is 0 Å². The maximum Gasteiger partial charge on any atom is 0.178 e. The van der Waals surface area contributed by atoms with Crippen LogP contribution in [0.3, 0.4) is 0 Å². The summed E-state index contributed by atoms with van der Waals surface area (Å²) < 4.78 is 7.54. The van der Waals surface area contributed by atoms with Gasteiger partial charge in [0.2, 0.25) is 0 Å². The normalized spacial score (nSPS) is 20.1. The minimum atomic E-state index is -0.729. The van der Waals surface area contributed by atoms with Crippen molar-refractivity contribution in [3.63, 3.8) is 0 Å². The van der Waals surface area contributed by atoms with Crippen LogP contribution in [-0.2, 0) is 11.0 Å². The summed E-state index contributed by atoms with van der Waals surface area (Å²) in [5, 5.41) is 2.51. The minimum Gasteiger partial charge on any atom is -0.472 e. The molecule has 5 aromatic carbocycles. The Kier molecular flexibility index (Phi) is 6.63. The van der Waals surface area contributed by atoms with Gasteiger partial charge in [0.25, 0.3) is 0 Å². The molecular formula is C42H41NO. The fourth-order valence-electron chi connectivity index (χ4n) is 8.50. The Labute approximate surface area is 262 Å². The third kappa shape index (κ3) is 4.07. The predicted octanol–water partition coefficient (Wildman–Crippen LogP) is 10.7. The highest BCUT2D eigenvalue weighted by Gasteiger charge is 2.47. The zero-order valence-corrected chi connectivity index (χ0v) is 26.0. The van der Waals surface area contributed by atoms with Crippen LogP contribution in [-0.4, -0.2) is 14.1 Å². The molecule has 2 aliphatic carbocycles. The first-order valence-electron chi connectivity index (χ1n) is 16.5. The number of nitrogens with zero attached hydrogens (tertiary/aromatic N) is 1. The van der Waals surface area contributed by atoms with Crippen LogP contribution >= 0.6 is 0 Å². The highest BCUT2D eigenvalue weighted by Crippen LogP contribution is 2.61. The standard InChI is InChI=1S/C42H41NO/c1-43(2)32-24-22-31(23-25-32)42(30-16-8-7-9-17-30)29-26-36-39-38(33-18-10-11-19-34(33)40(36)44-42)35-20-12-13-21-37(35)41(39)27-14-5-3-4-6-15-28-41/h7-13,16-26,29H,3-6,14-15,27-28H2,1-2H3. The summed E-state index contributed by atoms with van der Waals surface area (Å²) in [5.41, 5.74) is 9.93. The molecule has 0 N–H and O–H groups in total. The molecule has 0 saturated heterocycles. The first-order valence-corrected chi connectivity index (χ1v) is 16.5. The molecule has 220 valence electrons. The van der Waals surface area contributed by atoms with Crippen LogP contribution in [0.2, 0.25) is 0 Å². The van der Waals surface area contributed by atoms with Crippen LogP contribution in [0.5, 0.6) is 5.75 Å². The fraction of sp³-hybridized carbons (Fsp3) is 0.286. The first-order chi connectivity index (χ1) is 21.6. The van der Waals surface area contributed by atoms with Crippen LogP contribution in [0.15, 0.2) is 109 Å². The van der Waals surface area contributed by atoms with Crippen molar-refractivity contribution in [3.05, 3.63) is 137 Å². The fourth-order valence-corrected chi connectivity index (χ4v) is 8.50. The maximum atomic E-state index is 7.54. The summed E-state index contributed by atoms with van der Waals surface area (Å²) in [7, 11) is 4.18. The molecule has 1 spiro atoms. The quantitative estimate of drug-likeness (QED) is 0.212. The zero-order valence-electron chi connectivity index (χ0n) is 26.0. The number of rotatable bonds is 3. The summed E-state index contributed by atoms with van der Waals surface area (Å²) in [6.45, 7) is 0. The van der Waals surface area contributed by atoms with E-state index in [9.17, 15) is 0 Å². The Balaban J connectivity index is 1.41. The van der Waals surface area contributed by atoms with Crippen molar-refractivity contribution >= 4 is 22.5 Å². The van der Waals surface area contributed by atoms with Crippen molar-refractivity contribution in [1.82, 2.24) is 0 Å². The number of benzene rings is 5. The first kappa shape index (κ1) is 27.3. The zero-order chi connectivity index (χ0) is 29.7. The van der Waals surface area contributed by atoms with Gasteiger partial charge in [-0.15, -0.1) is 0 Å². The van der Waals surface area contributed by atoms with Crippen molar-refractivity contribution in [2.75, 3.05) is 19.0 Å². The van der Waals surface area contributed by atoms with Gasteiger partial charge in [0.05, 0.1) is 0 Å². The van der Waals surface area contributed by atoms with Gasteiger partial charge < -0.3 is 9.64 Å². The Morgan fingerprint density at radius 2 is 1.23 bits per heavy atom. The Hall–Kier alpha value is -4.30. The number of ether oxygens (including phenoxy) is 1. The van der Waals surface area contributed by atoms with E-state index in [4.69, 9.17) is 4.74 Å². The van der Waals surface area contributed by atoms with E-state index < -0.39 is 5.60 Å². The van der Waals surface area contributed by atoms with E-state index in [1.165, 1.54) is 95.6 Å². The van der Waals surface area contributed by atoms with Gasteiger partial charge in [-0.05, 0) is 58.7 Å². The Morgan fingerprint density at radius 1 is 0.614 bits per heavy atom. The maximum absolute atomic E-state index is 7.54. The van der Waals surface area contributed by atoms with Crippen molar-refractivity contribution in [2.45, 2.75) is 62.4 Å². The van der Waals surface area contributed by atoms with Gasteiger partial charge in [-0.3, -0.25) is 0 Å². The largest absolute Gasteiger partial charge is 0.472 e. The van der Waals surface area contributed by atoms with Gasteiger partial charge in [0, 0.05) is 47.3 Å². The average molecular weight is 576 g/mol. The van der Waals surface area contributed by atoms with E-state index in [1.54, 1.807) is 0 Å². The summed E-state index contributed by atoms with van der Waals surface area (Å²) >= 11 is 0. The lowest BCUT2D eigenvalue weighted by molar-refractivity contribution is 0.163. The third-order valence-electron chi connectivity index (χ3n) is 10.6. The van der Waals surface area contributed by atoms with Crippen LogP contribution < -0.4 is 9.64 Å². The van der Waals surface area contributed by atoms with E-state index in [1.807, 2.05) is 0 Å². The molecule has 0 radical (unpaired) electrons. The molecule has 3 aliphatic rings. The molecule has 2 heteroatoms. The molecule has 0 bridgehead atoms. The highest BCUT2D eigenvalue weighted by atomic mass is 16.5. The topological polar surface area (TPSA) is 12.5 Å². The van der Waals surface area contributed by atoms with E-state index >= 15 is 0 Å². The lowest BCUT2D eigenvalue weighted by Gasteiger charge is -2.40. The number of anilines is 1.